The number of rotatable bonds is 6. The van der Waals surface area contributed by atoms with Gasteiger partial charge in [-0.05, 0) is 83.4 Å². The van der Waals surface area contributed by atoms with Crippen LogP contribution in [0.25, 0.3) is 69.9 Å². The number of hydrogen-bond donors (Lipinski definition) is 0. The van der Waals surface area contributed by atoms with Gasteiger partial charge in [-0.3, -0.25) is 0 Å². The summed E-state index contributed by atoms with van der Waals surface area (Å²) in [5.74, 6) is 0. The van der Waals surface area contributed by atoms with Crippen LogP contribution in [0.3, 0.4) is 0 Å². The second kappa shape index (κ2) is 12.2. The lowest BCUT2D eigenvalue weighted by atomic mass is 9.93. The molecule has 0 bridgehead atoms. The molecule has 0 aliphatic carbocycles. The van der Waals surface area contributed by atoms with Crippen LogP contribution < -0.4 is 4.90 Å². The topological polar surface area (TPSA) is 8.17 Å². The van der Waals surface area contributed by atoms with E-state index in [1.165, 1.54) is 64.2 Å². The minimum atomic E-state index is 1.12. The van der Waals surface area contributed by atoms with Gasteiger partial charge >= 0.3 is 0 Å². The molecule has 0 N–H and O–H groups in total. The van der Waals surface area contributed by atoms with Crippen molar-refractivity contribution in [1.29, 1.82) is 0 Å². The van der Waals surface area contributed by atoms with Gasteiger partial charge in [0, 0.05) is 53.6 Å². The third-order valence-corrected chi connectivity index (χ3v) is 11.1. The van der Waals surface area contributed by atoms with E-state index >= 15 is 0 Å². The summed E-state index contributed by atoms with van der Waals surface area (Å²) in [6.07, 6.45) is 0. The summed E-state index contributed by atoms with van der Waals surface area (Å²) in [7, 11) is 0. The molecule has 0 unspecified atom stereocenters. The molecule has 2 heterocycles. The van der Waals surface area contributed by atoms with E-state index in [9.17, 15) is 0 Å². The minimum Gasteiger partial charge on any atom is -0.310 e. The maximum Gasteiger partial charge on any atom is 0.0548 e. The predicted octanol–water partition coefficient (Wildman–Crippen LogP) is 14.0. The first-order valence-corrected chi connectivity index (χ1v) is 18.2. The SMILES string of the molecule is c1ccc(-c2cccc(-c3c(N(c4ccccc4)c4ccc5c(c4)sc4ccccc45)ccc4c3c3ccccc3n4-c3ccccc3)c2)cc1. The van der Waals surface area contributed by atoms with Gasteiger partial charge in [0.15, 0.2) is 0 Å². The quantitative estimate of drug-likeness (QED) is 0.171. The average Bonchev–Trinajstić information content (AvgIpc) is 3.74. The van der Waals surface area contributed by atoms with E-state index in [0.29, 0.717) is 0 Å². The Morgan fingerprint density at radius 3 is 1.86 bits per heavy atom. The summed E-state index contributed by atoms with van der Waals surface area (Å²) < 4.78 is 5.00. The lowest BCUT2D eigenvalue weighted by molar-refractivity contribution is 1.18. The number of fused-ring (bicyclic) bond motifs is 6. The number of hydrogen-bond acceptors (Lipinski definition) is 2. The number of para-hydroxylation sites is 3. The number of aromatic nitrogens is 1. The van der Waals surface area contributed by atoms with Crippen molar-refractivity contribution in [2.45, 2.75) is 0 Å². The summed E-state index contributed by atoms with van der Waals surface area (Å²) in [6.45, 7) is 0. The summed E-state index contributed by atoms with van der Waals surface area (Å²) in [5, 5.41) is 5.07. The first-order valence-electron chi connectivity index (χ1n) is 17.4. The minimum absolute atomic E-state index is 1.12. The molecule has 0 fully saturated rings. The van der Waals surface area contributed by atoms with E-state index in [0.717, 1.165) is 22.7 Å². The second-order valence-electron chi connectivity index (χ2n) is 12.9. The third kappa shape index (κ3) is 4.93. The standard InChI is InChI=1S/C48H32N2S/c1-4-15-33(16-5-1)34-17-14-18-35(31-34)47-43(29-30-44-48(47)41-24-10-12-25-42(41)50(44)37-21-8-3-9-22-37)49(36-19-6-2-7-20-36)38-27-28-40-39-23-11-13-26-45(39)51-46(40)32-38/h1-32H. The maximum absolute atomic E-state index is 2.45. The van der Waals surface area contributed by atoms with E-state index < -0.39 is 0 Å². The molecule has 8 aromatic carbocycles. The largest absolute Gasteiger partial charge is 0.310 e. The molecule has 51 heavy (non-hydrogen) atoms. The van der Waals surface area contributed by atoms with Gasteiger partial charge < -0.3 is 9.47 Å². The van der Waals surface area contributed by atoms with Crippen LogP contribution in [0.2, 0.25) is 0 Å². The Kier molecular flexibility index (Phi) is 7.04. The molecule has 2 nitrogen and oxygen atoms in total. The number of benzene rings is 8. The predicted molar refractivity (Wildman–Crippen MR) is 219 cm³/mol. The zero-order valence-corrected chi connectivity index (χ0v) is 28.6. The van der Waals surface area contributed by atoms with Crippen LogP contribution in [-0.2, 0) is 0 Å². The van der Waals surface area contributed by atoms with Crippen LogP contribution in [0.15, 0.2) is 194 Å². The van der Waals surface area contributed by atoms with E-state index in [4.69, 9.17) is 0 Å². The summed E-state index contributed by atoms with van der Waals surface area (Å²) in [5.41, 5.74) is 11.7. The van der Waals surface area contributed by atoms with Gasteiger partial charge in [0.2, 0.25) is 0 Å². The molecule has 0 saturated carbocycles. The fourth-order valence-electron chi connectivity index (χ4n) is 7.73. The van der Waals surface area contributed by atoms with Gasteiger partial charge in [0.25, 0.3) is 0 Å². The zero-order chi connectivity index (χ0) is 33.7. The van der Waals surface area contributed by atoms with Crippen LogP contribution in [0.4, 0.5) is 17.1 Å². The molecule has 2 aromatic heterocycles. The Morgan fingerprint density at radius 1 is 0.392 bits per heavy atom. The fourth-order valence-corrected chi connectivity index (χ4v) is 8.87. The molecule has 3 heteroatoms. The highest BCUT2D eigenvalue weighted by Gasteiger charge is 2.24. The first-order chi connectivity index (χ1) is 25.3. The normalized spacial score (nSPS) is 11.5. The highest BCUT2D eigenvalue weighted by atomic mass is 32.1. The van der Waals surface area contributed by atoms with Crippen LogP contribution in [0.5, 0.6) is 0 Å². The molecule has 0 saturated heterocycles. The van der Waals surface area contributed by atoms with Crippen molar-refractivity contribution in [1.82, 2.24) is 4.57 Å². The number of thiophene rings is 1. The lowest BCUT2D eigenvalue weighted by Gasteiger charge is -2.29. The Bertz CT molecular complexity index is 2850. The first kappa shape index (κ1) is 29.5. The van der Waals surface area contributed by atoms with Gasteiger partial charge in [0.1, 0.15) is 0 Å². The summed E-state index contributed by atoms with van der Waals surface area (Å²) in [6, 6.07) is 70.4. The van der Waals surface area contributed by atoms with Gasteiger partial charge in [0.05, 0.1) is 16.7 Å². The third-order valence-electron chi connectivity index (χ3n) is 9.97. The number of anilines is 3. The van der Waals surface area contributed by atoms with Crippen LogP contribution in [0.1, 0.15) is 0 Å². The molecular weight excluding hydrogens is 637 g/mol. The van der Waals surface area contributed by atoms with Crippen molar-refractivity contribution in [2.75, 3.05) is 4.90 Å². The maximum atomic E-state index is 2.45. The average molecular weight is 669 g/mol. The van der Waals surface area contributed by atoms with Crippen LogP contribution >= 0.6 is 11.3 Å². The molecule has 0 spiro atoms. The molecule has 10 aromatic rings. The van der Waals surface area contributed by atoms with E-state index in [-0.39, 0.29) is 0 Å². The highest BCUT2D eigenvalue weighted by molar-refractivity contribution is 7.25. The molecule has 0 radical (unpaired) electrons. The van der Waals surface area contributed by atoms with Gasteiger partial charge in [-0.2, -0.15) is 0 Å². The van der Waals surface area contributed by atoms with Gasteiger partial charge in [-0.15, -0.1) is 11.3 Å². The molecule has 0 aliphatic heterocycles. The lowest BCUT2D eigenvalue weighted by Crippen LogP contribution is -2.11. The van der Waals surface area contributed by atoms with E-state index in [1.54, 1.807) is 0 Å². The van der Waals surface area contributed by atoms with Crippen molar-refractivity contribution in [3.05, 3.63) is 194 Å². The van der Waals surface area contributed by atoms with Crippen LogP contribution in [0, 0.1) is 0 Å². The zero-order valence-electron chi connectivity index (χ0n) is 27.8. The molecule has 0 atom stereocenters. The highest BCUT2D eigenvalue weighted by Crippen LogP contribution is 2.49. The smallest absolute Gasteiger partial charge is 0.0548 e. The summed E-state index contributed by atoms with van der Waals surface area (Å²) >= 11 is 1.86. The Labute approximate surface area is 300 Å². The summed E-state index contributed by atoms with van der Waals surface area (Å²) in [4.78, 5) is 2.45. The fraction of sp³-hybridized carbons (Fsp3) is 0. The Morgan fingerprint density at radius 2 is 1.04 bits per heavy atom. The van der Waals surface area contributed by atoms with Crippen LogP contribution in [-0.4, -0.2) is 4.57 Å². The molecular formula is C48H32N2S. The van der Waals surface area contributed by atoms with Crippen molar-refractivity contribution in [3.63, 3.8) is 0 Å². The van der Waals surface area contributed by atoms with Crippen molar-refractivity contribution < 1.29 is 0 Å². The monoisotopic (exact) mass is 668 g/mol. The molecule has 240 valence electrons. The Balaban J connectivity index is 1.32. The van der Waals surface area contributed by atoms with E-state index in [2.05, 4.69) is 204 Å². The van der Waals surface area contributed by atoms with Crippen molar-refractivity contribution in [2.24, 2.45) is 0 Å². The van der Waals surface area contributed by atoms with Crippen molar-refractivity contribution >= 4 is 70.4 Å². The molecule has 10 rings (SSSR count). The van der Waals surface area contributed by atoms with Crippen molar-refractivity contribution in [3.8, 4) is 27.9 Å². The van der Waals surface area contributed by atoms with E-state index in [1.807, 2.05) is 11.3 Å². The molecule has 0 aliphatic rings. The molecule has 0 amide bonds. The Hall–Kier alpha value is -6.42. The number of nitrogens with zero attached hydrogens (tertiary/aromatic N) is 2. The second-order valence-corrected chi connectivity index (χ2v) is 14.0. The van der Waals surface area contributed by atoms with Gasteiger partial charge in [-0.1, -0.05) is 127 Å². The van der Waals surface area contributed by atoms with Gasteiger partial charge in [-0.25, -0.2) is 0 Å².